The first kappa shape index (κ1) is 11.4. The number of benzene rings is 1. The number of halogens is 1. The highest BCUT2D eigenvalue weighted by Crippen LogP contribution is 2.36. The number of aliphatic hydroxyl groups excluding tert-OH is 1. The first-order chi connectivity index (χ1) is 8.25. The van der Waals surface area contributed by atoms with Crippen LogP contribution in [-0.4, -0.2) is 5.11 Å². The van der Waals surface area contributed by atoms with Crippen molar-refractivity contribution in [2.45, 2.75) is 6.10 Å². The maximum Gasteiger partial charge on any atom is 0.115 e. The molecule has 3 rings (SSSR count). The summed E-state index contributed by atoms with van der Waals surface area (Å²) in [5.74, 6) is 0. The Labute approximate surface area is 115 Å². The van der Waals surface area contributed by atoms with Crippen molar-refractivity contribution in [3.8, 4) is 0 Å². The van der Waals surface area contributed by atoms with E-state index in [1.54, 1.807) is 22.7 Å². The Morgan fingerprint density at radius 2 is 2.00 bits per heavy atom. The van der Waals surface area contributed by atoms with Gasteiger partial charge in [0.15, 0.2) is 0 Å². The fourth-order valence-corrected chi connectivity index (χ4v) is 4.38. The second-order valence-electron chi connectivity index (χ2n) is 3.76. The van der Waals surface area contributed by atoms with E-state index in [9.17, 15) is 5.11 Å². The first-order valence-corrected chi connectivity index (χ1v) is 7.69. The topological polar surface area (TPSA) is 20.2 Å². The van der Waals surface area contributed by atoms with E-state index in [1.807, 2.05) is 22.9 Å². The molecule has 1 unspecified atom stereocenters. The SMILES string of the molecule is OC(c1cc2ccccc2s1)c1cscc1Br. The van der Waals surface area contributed by atoms with Crippen molar-refractivity contribution < 1.29 is 5.11 Å². The highest BCUT2D eigenvalue weighted by molar-refractivity contribution is 9.10. The number of aliphatic hydroxyl groups is 1. The number of rotatable bonds is 2. The normalized spacial score (nSPS) is 13.1. The zero-order valence-electron chi connectivity index (χ0n) is 8.76. The second-order valence-corrected chi connectivity index (χ2v) is 6.48. The summed E-state index contributed by atoms with van der Waals surface area (Å²) in [5, 5.41) is 15.5. The van der Waals surface area contributed by atoms with Gasteiger partial charge in [-0.2, -0.15) is 11.3 Å². The van der Waals surface area contributed by atoms with Crippen LogP contribution >= 0.6 is 38.6 Å². The number of hydrogen-bond donors (Lipinski definition) is 1. The fourth-order valence-electron chi connectivity index (χ4n) is 1.78. The zero-order chi connectivity index (χ0) is 11.8. The lowest BCUT2D eigenvalue weighted by Crippen LogP contribution is -1.95. The van der Waals surface area contributed by atoms with Crippen LogP contribution in [-0.2, 0) is 0 Å². The van der Waals surface area contributed by atoms with Crippen LogP contribution in [0.15, 0.2) is 45.6 Å². The molecule has 0 fully saturated rings. The molecule has 0 saturated heterocycles. The lowest BCUT2D eigenvalue weighted by Gasteiger charge is -2.06. The van der Waals surface area contributed by atoms with Crippen LogP contribution in [0.1, 0.15) is 16.5 Å². The summed E-state index contributed by atoms with van der Waals surface area (Å²) in [6, 6.07) is 10.3. The third-order valence-electron chi connectivity index (χ3n) is 2.65. The van der Waals surface area contributed by atoms with Gasteiger partial charge in [0.05, 0.1) is 0 Å². The van der Waals surface area contributed by atoms with Crippen LogP contribution in [0.25, 0.3) is 10.1 Å². The molecule has 17 heavy (non-hydrogen) atoms. The molecule has 2 aromatic heterocycles. The maximum atomic E-state index is 10.3. The highest BCUT2D eigenvalue weighted by atomic mass is 79.9. The Morgan fingerprint density at radius 3 is 2.71 bits per heavy atom. The van der Waals surface area contributed by atoms with E-state index < -0.39 is 6.10 Å². The summed E-state index contributed by atoms with van der Waals surface area (Å²) in [6.45, 7) is 0. The van der Waals surface area contributed by atoms with E-state index in [0.29, 0.717) is 0 Å². The van der Waals surface area contributed by atoms with Gasteiger partial charge in [-0.05, 0) is 38.8 Å². The van der Waals surface area contributed by atoms with Gasteiger partial charge in [0.1, 0.15) is 6.10 Å². The van der Waals surface area contributed by atoms with Gasteiger partial charge < -0.3 is 5.11 Å². The van der Waals surface area contributed by atoms with Crippen LogP contribution < -0.4 is 0 Å². The van der Waals surface area contributed by atoms with Crippen LogP contribution in [0.5, 0.6) is 0 Å². The average molecular weight is 325 g/mol. The van der Waals surface area contributed by atoms with Gasteiger partial charge in [0, 0.05) is 25.0 Å². The molecule has 2 heterocycles. The minimum Gasteiger partial charge on any atom is -0.383 e. The molecule has 1 nitrogen and oxygen atoms in total. The molecule has 0 amide bonds. The predicted octanol–water partition coefficient (Wildman–Crippen LogP) is 4.81. The van der Waals surface area contributed by atoms with Gasteiger partial charge in [-0.1, -0.05) is 18.2 Å². The Kier molecular flexibility index (Phi) is 3.04. The number of fused-ring (bicyclic) bond motifs is 1. The minimum atomic E-state index is -0.534. The van der Waals surface area contributed by atoms with Crippen molar-refractivity contribution in [3.63, 3.8) is 0 Å². The van der Waals surface area contributed by atoms with Gasteiger partial charge in [0.2, 0.25) is 0 Å². The summed E-state index contributed by atoms with van der Waals surface area (Å²) in [7, 11) is 0. The summed E-state index contributed by atoms with van der Waals surface area (Å²) in [5.41, 5.74) is 0.946. The number of thiophene rings is 2. The van der Waals surface area contributed by atoms with Crippen LogP contribution in [0.4, 0.5) is 0 Å². The standard InChI is InChI=1S/C13H9BrOS2/c14-10-7-16-6-9(10)13(15)12-5-8-3-1-2-4-11(8)17-12/h1-7,13,15H. The summed E-state index contributed by atoms with van der Waals surface area (Å²) in [4.78, 5) is 0.991. The van der Waals surface area contributed by atoms with Gasteiger partial charge in [-0.3, -0.25) is 0 Å². The first-order valence-electron chi connectivity index (χ1n) is 5.14. The van der Waals surface area contributed by atoms with Gasteiger partial charge in [-0.25, -0.2) is 0 Å². The molecular formula is C13H9BrOS2. The van der Waals surface area contributed by atoms with Crippen molar-refractivity contribution in [3.05, 3.63) is 56.0 Å². The minimum absolute atomic E-state index is 0.534. The van der Waals surface area contributed by atoms with Gasteiger partial charge in [0.25, 0.3) is 0 Å². The average Bonchev–Trinajstić information content (AvgIpc) is 2.93. The molecular weight excluding hydrogens is 316 g/mol. The van der Waals surface area contributed by atoms with E-state index in [0.717, 1.165) is 14.9 Å². The summed E-state index contributed by atoms with van der Waals surface area (Å²) in [6.07, 6.45) is -0.534. The largest absolute Gasteiger partial charge is 0.383 e. The number of hydrogen-bond acceptors (Lipinski definition) is 3. The molecule has 0 radical (unpaired) electrons. The van der Waals surface area contributed by atoms with Crippen LogP contribution in [0.3, 0.4) is 0 Å². The third-order valence-corrected chi connectivity index (χ3v) is 5.57. The smallest absolute Gasteiger partial charge is 0.115 e. The van der Waals surface area contributed by atoms with E-state index >= 15 is 0 Å². The third kappa shape index (κ3) is 2.06. The molecule has 0 aliphatic heterocycles. The van der Waals surface area contributed by atoms with Gasteiger partial charge in [-0.15, -0.1) is 11.3 Å². The lowest BCUT2D eigenvalue weighted by molar-refractivity contribution is 0.224. The predicted molar refractivity (Wildman–Crippen MR) is 77.9 cm³/mol. The second kappa shape index (κ2) is 4.53. The highest BCUT2D eigenvalue weighted by Gasteiger charge is 2.16. The van der Waals surface area contributed by atoms with E-state index in [1.165, 1.54) is 10.1 Å². The molecule has 1 atom stereocenters. The Hall–Kier alpha value is -0.680. The lowest BCUT2D eigenvalue weighted by atomic mass is 10.1. The quantitative estimate of drug-likeness (QED) is 0.717. The molecule has 0 aliphatic rings. The Morgan fingerprint density at radius 1 is 1.18 bits per heavy atom. The Bertz CT molecular complexity index is 623. The summed E-state index contributed by atoms with van der Waals surface area (Å²) >= 11 is 6.70. The molecule has 1 aromatic carbocycles. The van der Waals surface area contributed by atoms with Crippen molar-refractivity contribution in [2.24, 2.45) is 0 Å². The van der Waals surface area contributed by atoms with Gasteiger partial charge >= 0.3 is 0 Å². The zero-order valence-corrected chi connectivity index (χ0v) is 12.0. The van der Waals surface area contributed by atoms with E-state index in [-0.39, 0.29) is 0 Å². The van der Waals surface area contributed by atoms with Crippen molar-refractivity contribution in [1.82, 2.24) is 0 Å². The van der Waals surface area contributed by atoms with E-state index in [2.05, 4.69) is 34.1 Å². The van der Waals surface area contributed by atoms with Crippen molar-refractivity contribution in [2.75, 3.05) is 0 Å². The van der Waals surface area contributed by atoms with Crippen LogP contribution in [0.2, 0.25) is 0 Å². The maximum absolute atomic E-state index is 10.3. The molecule has 0 aliphatic carbocycles. The molecule has 0 spiro atoms. The molecule has 1 N–H and O–H groups in total. The monoisotopic (exact) mass is 324 g/mol. The van der Waals surface area contributed by atoms with Crippen molar-refractivity contribution in [1.29, 1.82) is 0 Å². The molecule has 0 saturated carbocycles. The summed E-state index contributed by atoms with van der Waals surface area (Å²) < 4.78 is 2.19. The molecule has 0 bridgehead atoms. The Balaban J connectivity index is 2.07. The fraction of sp³-hybridized carbons (Fsp3) is 0.0769. The molecule has 4 heteroatoms. The molecule has 86 valence electrons. The van der Waals surface area contributed by atoms with Crippen molar-refractivity contribution >= 4 is 48.7 Å². The molecule has 3 aromatic rings. The van der Waals surface area contributed by atoms with Crippen LogP contribution in [0, 0.1) is 0 Å². The van der Waals surface area contributed by atoms with E-state index in [4.69, 9.17) is 0 Å².